The predicted molar refractivity (Wildman–Crippen MR) is 123 cm³/mol. The zero-order valence-corrected chi connectivity index (χ0v) is 18.7. The van der Waals surface area contributed by atoms with E-state index in [1.165, 1.54) is 15.4 Å². The van der Waals surface area contributed by atoms with Gasteiger partial charge in [-0.05, 0) is 32.0 Å². The Morgan fingerprint density at radius 1 is 0.900 bits per heavy atom. The van der Waals surface area contributed by atoms with Gasteiger partial charge in [0.2, 0.25) is 0 Å². The maximum absolute atomic E-state index is 5.73. The first kappa shape index (κ1) is 21.4. The van der Waals surface area contributed by atoms with Gasteiger partial charge in [0.15, 0.2) is 0 Å². The quantitative estimate of drug-likeness (QED) is 0.619. The smallest absolute Gasteiger partial charge is 0.137 e. The van der Waals surface area contributed by atoms with E-state index in [-0.39, 0.29) is 6.10 Å². The molecule has 160 valence electrons. The first-order valence-electron chi connectivity index (χ1n) is 10.8. The SMILES string of the molecule is CC(C)OCCOCCN1CCN(C2=Nc3ccccc3Sc3ccccc32)CC1. The van der Waals surface area contributed by atoms with E-state index in [0.717, 1.165) is 50.9 Å². The molecule has 0 radical (unpaired) electrons. The van der Waals surface area contributed by atoms with Crippen LogP contribution in [-0.4, -0.2) is 74.3 Å². The van der Waals surface area contributed by atoms with E-state index in [9.17, 15) is 0 Å². The van der Waals surface area contributed by atoms with E-state index < -0.39 is 0 Å². The molecule has 5 nitrogen and oxygen atoms in total. The molecule has 4 rings (SSSR count). The Bertz CT molecular complexity index is 863. The Balaban J connectivity index is 1.35. The molecule has 6 heteroatoms. The molecule has 0 saturated carbocycles. The molecule has 0 atom stereocenters. The topological polar surface area (TPSA) is 37.3 Å². The molecule has 1 fully saturated rings. The molecule has 2 aliphatic heterocycles. The van der Waals surface area contributed by atoms with Crippen LogP contribution in [0.2, 0.25) is 0 Å². The van der Waals surface area contributed by atoms with Crippen LogP contribution in [0, 0.1) is 0 Å². The van der Waals surface area contributed by atoms with Crippen molar-refractivity contribution in [3.63, 3.8) is 0 Å². The van der Waals surface area contributed by atoms with Crippen LogP contribution in [0.5, 0.6) is 0 Å². The van der Waals surface area contributed by atoms with Crippen LogP contribution in [0.15, 0.2) is 63.3 Å². The number of ether oxygens (including phenoxy) is 2. The fourth-order valence-corrected chi connectivity index (χ4v) is 4.75. The second kappa shape index (κ2) is 10.4. The Morgan fingerprint density at radius 3 is 2.43 bits per heavy atom. The lowest BCUT2D eigenvalue weighted by molar-refractivity contribution is 0.0120. The Kier molecular flexibility index (Phi) is 7.44. The first-order valence-corrected chi connectivity index (χ1v) is 11.6. The van der Waals surface area contributed by atoms with E-state index in [0.29, 0.717) is 13.2 Å². The number of rotatable bonds is 7. The number of amidine groups is 1. The number of benzene rings is 2. The average Bonchev–Trinajstić information content (AvgIpc) is 2.93. The van der Waals surface area contributed by atoms with Gasteiger partial charge in [-0.15, -0.1) is 0 Å². The van der Waals surface area contributed by atoms with Crippen LogP contribution in [-0.2, 0) is 9.47 Å². The molecule has 0 spiro atoms. The maximum Gasteiger partial charge on any atom is 0.137 e. The van der Waals surface area contributed by atoms with Gasteiger partial charge in [0.1, 0.15) is 5.84 Å². The highest BCUT2D eigenvalue weighted by Crippen LogP contribution is 2.40. The molecule has 2 heterocycles. The summed E-state index contributed by atoms with van der Waals surface area (Å²) in [6.07, 6.45) is 0.268. The summed E-state index contributed by atoms with van der Waals surface area (Å²) >= 11 is 1.81. The third kappa shape index (κ3) is 5.43. The summed E-state index contributed by atoms with van der Waals surface area (Å²) in [4.78, 5) is 12.5. The molecule has 2 aromatic rings. The Hall–Kier alpha value is -1.86. The zero-order chi connectivity index (χ0) is 20.8. The first-order chi connectivity index (χ1) is 14.7. The predicted octanol–water partition coefficient (Wildman–Crippen LogP) is 4.29. The molecule has 0 N–H and O–H groups in total. The molecule has 0 aliphatic carbocycles. The van der Waals surface area contributed by atoms with Crippen LogP contribution in [0.4, 0.5) is 5.69 Å². The summed E-state index contributed by atoms with van der Waals surface area (Å²) in [6, 6.07) is 17.1. The summed E-state index contributed by atoms with van der Waals surface area (Å²) < 4.78 is 11.2. The van der Waals surface area contributed by atoms with Crippen LogP contribution in [0.1, 0.15) is 19.4 Å². The molecule has 0 unspecified atom stereocenters. The second-order valence-corrected chi connectivity index (χ2v) is 8.95. The summed E-state index contributed by atoms with van der Waals surface area (Å²) in [7, 11) is 0. The number of hydrogen-bond acceptors (Lipinski definition) is 6. The van der Waals surface area contributed by atoms with Crippen molar-refractivity contribution in [2.75, 3.05) is 52.5 Å². The van der Waals surface area contributed by atoms with Gasteiger partial charge in [-0.2, -0.15) is 0 Å². The molecular weight excluding hydrogens is 394 g/mol. The number of para-hydroxylation sites is 1. The van der Waals surface area contributed by atoms with Gasteiger partial charge in [-0.25, -0.2) is 4.99 Å². The van der Waals surface area contributed by atoms with Crippen molar-refractivity contribution in [1.82, 2.24) is 9.80 Å². The number of nitrogens with zero attached hydrogens (tertiary/aromatic N) is 3. The molecule has 2 aliphatic rings. The van der Waals surface area contributed by atoms with Crippen LogP contribution in [0.3, 0.4) is 0 Å². The van der Waals surface area contributed by atoms with Crippen molar-refractivity contribution in [2.24, 2.45) is 4.99 Å². The normalized spacial score (nSPS) is 16.8. The van der Waals surface area contributed by atoms with Crippen LogP contribution >= 0.6 is 11.8 Å². The number of aliphatic imine (C=N–C) groups is 1. The highest BCUT2D eigenvalue weighted by Gasteiger charge is 2.24. The molecule has 0 bridgehead atoms. The number of piperazine rings is 1. The zero-order valence-electron chi connectivity index (χ0n) is 17.9. The van der Waals surface area contributed by atoms with Crippen molar-refractivity contribution >= 4 is 23.3 Å². The molecule has 0 amide bonds. The minimum atomic E-state index is 0.268. The fourth-order valence-electron chi connectivity index (χ4n) is 3.73. The maximum atomic E-state index is 5.73. The van der Waals surface area contributed by atoms with Gasteiger partial charge in [-0.1, -0.05) is 42.1 Å². The number of hydrogen-bond donors (Lipinski definition) is 0. The van der Waals surface area contributed by atoms with Crippen molar-refractivity contribution in [3.05, 3.63) is 54.1 Å². The van der Waals surface area contributed by atoms with Crippen molar-refractivity contribution < 1.29 is 9.47 Å². The Labute approximate surface area is 184 Å². The molecule has 30 heavy (non-hydrogen) atoms. The van der Waals surface area contributed by atoms with Gasteiger partial charge in [0.05, 0.1) is 31.6 Å². The summed E-state index contributed by atoms with van der Waals surface area (Å²) in [6.45, 7) is 11.2. The summed E-state index contributed by atoms with van der Waals surface area (Å²) in [5.74, 6) is 1.10. The molecule has 0 aromatic heterocycles. The van der Waals surface area contributed by atoms with Gasteiger partial charge < -0.3 is 14.4 Å². The van der Waals surface area contributed by atoms with Crippen LogP contribution in [0.25, 0.3) is 0 Å². The largest absolute Gasteiger partial charge is 0.378 e. The summed E-state index contributed by atoms with van der Waals surface area (Å²) in [5.41, 5.74) is 2.30. The third-order valence-corrected chi connectivity index (χ3v) is 6.48. The third-order valence-electron chi connectivity index (χ3n) is 5.34. The Morgan fingerprint density at radius 2 is 1.63 bits per heavy atom. The second-order valence-electron chi connectivity index (χ2n) is 7.86. The minimum Gasteiger partial charge on any atom is -0.378 e. The van der Waals surface area contributed by atoms with Gasteiger partial charge in [-0.3, -0.25) is 4.90 Å². The van der Waals surface area contributed by atoms with Gasteiger partial charge in [0, 0.05) is 48.1 Å². The van der Waals surface area contributed by atoms with E-state index in [4.69, 9.17) is 14.5 Å². The lowest BCUT2D eigenvalue weighted by Crippen LogP contribution is -2.49. The van der Waals surface area contributed by atoms with Gasteiger partial charge >= 0.3 is 0 Å². The van der Waals surface area contributed by atoms with Crippen molar-refractivity contribution in [3.8, 4) is 0 Å². The molecule has 1 saturated heterocycles. The lowest BCUT2D eigenvalue weighted by Gasteiger charge is -2.36. The molecule has 2 aromatic carbocycles. The highest BCUT2D eigenvalue weighted by atomic mass is 32.2. The fraction of sp³-hybridized carbons (Fsp3) is 0.458. The van der Waals surface area contributed by atoms with Crippen molar-refractivity contribution in [1.29, 1.82) is 0 Å². The van der Waals surface area contributed by atoms with E-state index >= 15 is 0 Å². The lowest BCUT2D eigenvalue weighted by atomic mass is 10.1. The van der Waals surface area contributed by atoms with E-state index in [1.807, 2.05) is 25.6 Å². The highest BCUT2D eigenvalue weighted by molar-refractivity contribution is 7.99. The average molecular weight is 426 g/mol. The molecular formula is C24H31N3O2S. The number of fused-ring (bicyclic) bond motifs is 2. The minimum absolute atomic E-state index is 0.268. The van der Waals surface area contributed by atoms with E-state index in [1.54, 1.807) is 0 Å². The van der Waals surface area contributed by atoms with Crippen molar-refractivity contribution in [2.45, 2.75) is 29.7 Å². The van der Waals surface area contributed by atoms with Crippen LogP contribution < -0.4 is 0 Å². The summed E-state index contributed by atoms with van der Waals surface area (Å²) in [5, 5.41) is 0. The standard InChI is InChI=1S/C24H31N3O2S/c1-19(2)29-18-17-28-16-15-26-11-13-27(14-12-26)24-20-7-3-5-9-22(20)30-23-10-6-4-8-21(23)25-24/h3-10,19H,11-18H2,1-2H3. The van der Waals surface area contributed by atoms with E-state index in [2.05, 4.69) is 58.3 Å². The van der Waals surface area contributed by atoms with Gasteiger partial charge in [0.25, 0.3) is 0 Å². The monoisotopic (exact) mass is 425 g/mol.